The van der Waals surface area contributed by atoms with Crippen molar-refractivity contribution in [1.29, 1.82) is 0 Å². The Bertz CT molecular complexity index is 1060. The average molecular weight is 426 g/mol. The van der Waals surface area contributed by atoms with Crippen LogP contribution in [0.15, 0.2) is 47.8 Å². The number of thiazole rings is 1. The van der Waals surface area contributed by atoms with Gasteiger partial charge in [-0.1, -0.05) is 12.1 Å². The van der Waals surface area contributed by atoms with Crippen molar-refractivity contribution in [3.63, 3.8) is 0 Å². The van der Waals surface area contributed by atoms with Crippen LogP contribution in [0.5, 0.6) is 11.5 Å². The zero-order valence-corrected chi connectivity index (χ0v) is 18.1. The minimum Gasteiger partial charge on any atom is -0.493 e. The van der Waals surface area contributed by atoms with E-state index >= 15 is 0 Å². The maximum atomic E-state index is 12.5. The highest BCUT2D eigenvalue weighted by Gasteiger charge is 2.16. The largest absolute Gasteiger partial charge is 0.493 e. The van der Waals surface area contributed by atoms with Crippen LogP contribution < -0.4 is 14.8 Å². The van der Waals surface area contributed by atoms with E-state index in [-0.39, 0.29) is 18.2 Å². The maximum Gasteiger partial charge on any atom is 0.255 e. The van der Waals surface area contributed by atoms with E-state index in [0.717, 1.165) is 10.6 Å². The number of para-hydroxylation sites is 1. The highest BCUT2D eigenvalue weighted by atomic mass is 32.1. The zero-order valence-electron chi connectivity index (χ0n) is 17.3. The third kappa shape index (κ3) is 4.77. The molecule has 0 aliphatic heterocycles. The minimum atomic E-state index is -0.238. The number of ether oxygens (including phenoxy) is 2. The van der Waals surface area contributed by atoms with Gasteiger partial charge in [0, 0.05) is 25.0 Å². The van der Waals surface area contributed by atoms with E-state index in [0.29, 0.717) is 28.4 Å². The molecule has 0 fully saturated rings. The van der Waals surface area contributed by atoms with Gasteiger partial charge in [0.2, 0.25) is 5.91 Å². The predicted octanol–water partition coefficient (Wildman–Crippen LogP) is 3.71. The van der Waals surface area contributed by atoms with Gasteiger partial charge >= 0.3 is 0 Å². The van der Waals surface area contributed by atoms with Gasteiger partial charge < -0.3 is 19.7 Å². The van der Waals surface area contributed by atoms with Crippen LogP contribution in [0.3, 0.4) is 0 Å². The number of nitrogens with zero attached hydrogens (tertiary/aromatic N) is 2. The van der Waals surface area contributed by atoms with Gasteiger partial charge in [-0.25, -0.2) is 4.98 Å². The Morgan fingerprint density at radius 2 is 1.80 bits per heavy atom. The molecule has 0 saturated carbocycles. The molecule has 3 rings (SSSR count). The molecule has 0 bridgehead atoms. The number of amides is 2. The molecule has 7 nitrogen and oxygen atoms in total. The molecule has 0 unspecified atom stereocenters. The van der Waals surface area contributed by atoms with Gasteiger partial charge in [-0.05, 0) is 30.3 Å². The summed E-state index contributed by atoms with van der Waals surface area (Å²) in [5.74, 6) is 0.850. The predicted molar refractivity (Wildman–Crippen MR) is 117 cm³/mol. The molecule has 156 valence electrons. The van der Waals surface area contributed by atoms with Crippen molar-refractivity contribution < 1.29 is 19.1 Å². The summed E-state index contributed by atoms with van der Waals surface area (Å²) in [4.78, 5) is 30.9. The monoisotopic (exact) mass is 425 g/mol. The Labute approximate surface area is 179 Å². The molecule has 0 saturated heterocycles. The molecule has 30 heavy (non-hydrogen) atoms. The van der Waals surface area contributed by atoms with E-state index in [1.807, 2.05) is 23.6 Å². The lowest BCUT2D eigenvalue weighted by atomic mass is 10.1. The Morgan fingerprint density at radius 3 is 2.50 bits per heavy atom. The third-order valence-electron chi connectivity index (χ3n) is 4.36. The Balaban J connectivity index is 1.73. The second kappa shape index (κ2) is 9.41. The van der Waals surface area contributed by atoms with Gasteiger partial charge in [-0.2, -0.15) is 0 Å². The second-order valence-electron chi connectivity index (χ2n) is 6.68. The molecule has 0 spiro atoms. The number of nitrogens with one attached hydrogen (secondary N) is 1. The Hall–Kier alpha value is -3.39. The van der Waals surface area contributed by atoms with Crippen molar-refractivity contribution >= 4 is 28.8 Å². The normalized spacial score (nSPS) is 10.4. The molecule has 0 atom stereocenters. The molecule has 2 aromatic carbocycles. The average Bonchev–Trinajstić information content (AvgIpc) is 3.21. The number of aromatic nitrogens is 1. The fourth-order valence-electron chi connectivity index (χ4n) is 2.87. The number of benzene rings is 2. The molecule has 8 heteroatoms. The van der Waals surface area contributed by atoms with E-state index in [4.69, 9.17) is 9.47 Å². The van der Waals surface area contributed by atoms with E-state index in [1.54, 1.807) is 52.6 Å². The number of hydrogen-bond donors (Lipinski definition) is 1. The van der Waals surface area contributed by atoms with Gasteiger partial charge in [0.1, 0.15) is 5.01 Å². The molecule has 0 radical (unpaired) electrons. The van der Waals surface area contributed by atoms with Crippen molar-refractivity contribution in [2.45, 2.75) is 6.42 Å². The van der Waals surface area contributed by atoms with Crippen molar-refractivity contribution in [2.24, 2.45) is 0 Å². The van der Waals surface area contributed by atoms with Gasteiger partial charge in [0.25, 0.3) is 5.91 Å². The van der Waals surface area contributed by atoms with Crippen LogP contribution in [0.2, 0.25) is 0 Å². The van der Waals surface area contributed by atoms with Crippen LogP contribution in [-0.4, -0.2) is 50.0 Å². The topological polar surface area (TPSA) is 80.8 Å². The molecule has 0 aliphatic carbocycles. The van der Waals surface area contributed by atoms with Crippen LogP contribution in [0, 0.1) is 0 Å². The van der Waals surface area contributed by atoms with Gasteiger partial charge in [-0.15, -0.1) is 11.3 Å². The van der Waals surface area contributed by atoms with Gasteiger partial charge in [0.15, 0.2) is 11.5 Å². The van der Waals surface area contributed by atoms with Crippen molar-refractivity contribution in [2.75, 3.05) is 33.6 Å². The number of carbonyl (C=O) groups is 2. The first-order chi connectivity index (χ1) is 14.4. The van der Waals surface area contributed by atoms with Crippen molar-refractivity contribution in [3.05, 3.63) is 59.1 Å². The van der Waals surface area contributed by atoms with E-state index in [2.05, 4.69) is 10.3 Å². The fraction of sp³-hybridized carbons (Fsp3) is 0.227. The summed E-state index contributed by atoms with van der Waals surface area (Å²) in [6, 6.07) is 12.5. The number of rotatable bonds is 7. The summed E-state index contributed by atoms with van der Waals surface area (Å²) in [7, 11) is 6.51. The molecular weight excluding hydrogens is 402 g/mol. The molecule has 1 aromatic heterocycles. The fourth-order valence-corrected chi connectivity index (χ4v) is 3.69. The molecule has 2 amide bonds. The summed E-state index contributed by atoms with van der Waals surface area (Å²) in [6.45, 7) is 0. The summed E-state index contributed by atoms with van der Waals surface area (Å²) in [6.07, 6.45) is 0.105. The van der Waals surface area contributed by atoms with Crippen molar-refractivity contribution in [1.82, 2.24) is 9.88 Å². The highest BCUT2D eigenvalue weighted by Crippen LogP contribution is 2.33. The smallest absolute Gasteiger partial charge is 0.255 e. The van der Waals surface area contributed by atoms with Gasteiger partial charge in [-0.3, -0.25) is 9.59 Å². The van der Waals surface area contributed by atoms with E-state index in [9.17, 15) is 9.59 Å². The first-order valence-electron chi connectivity index (χ1n) is 9.20. The lowest BCUT2D eigenvalue weighted by molar-refractivity contribution is -0.115. The third-order valence-corrected chi connectivity index (χ3v) is 5.30. The zero-order chi connectivity index (χ0) is 21.7. The molecule has 1 heterocycles. The maximum absolute atomic E-state index is 12.5. The van der Waals surface area contributed by atoms with Crippen LogP contribution in [0.25, 0.3) is 10.6 Å². The summed E-state index contributed by atoms with van der Waals surface area (Å²) >= 11 is 1.45. The summed E-state index contributed by atoms with van der Waals surface area (Å²) in [5, 5.41) is 5.45. The summed E-state index contributed by atoms with van der Waals surface area (Å²) < 4.78 is 10.6. The quantitative estimate of drug-likeness (QED) is 0.624. The standard InChI is InChI=1S/C22H23N3O4S/c1-25(2)22(27)16-7-5-6-8-17(16)24-20(26)12-15-13-30-21(23-15)14-9-10-18(28-3)19(11-14)29-4/h5-11,13H,12H2,1-4H3,(H,24,26). The Morgan fingerprint density at radius 1 is 1.07 bits per heavy atom. The first kappa shape index (κ1) is 21.3. The number of hydrogen-bond acceptors (Lipinski definition) is 6. The van der Waals surface area contributed by atoms with Crippen LogP contribution in [-0.2, 0) is 11.2 Å². The van der Waals surface area contributed by atoms with Crippen LogP contribution >= 0.6 is 11.3 Å². The number of anilines is 1. The molecule has 0 aliphatic rings. The lowest BCUT2D eigenvalue weighted by Gasteiger charge is -2.14. The number of carbonyl (C=O) groups excluding carboxylic acids is 2. The van der Waals surface area contributed by atoms with E-state index in [1.165, 1.54) is 16.2 Å². The second-order valence-corrected chi connectivity index (χ2v) is 7.54. The minimum absolute atomic E-state index is 0.105. The highest BCUT2D eigenvalue weighted by molar-refractivity contribution is 7.13. The first-order valence-corrected chi connectivity index (χ1v) is 10.1. The summed E-state index contributed by atoms with van der Waals surface area (Å²) in [5.41, 5.74) is 2.46. The van der Waals surface area contributed by atoms with E-state index < -0.39 is 0 Å². The van der Waals surface area contributed by atoms with Crippen LogP contribution in [0.4, 0.5) is 5.69 Å². The SMILES string of the molecule is COc1ccc(-c2nc(CC(=O)Nc3ccccc3C(=O)N(C)C)cs2)cc1OC. The molecular formula is C22H23N3O4S. The van der Waals surface area contributed by atoms with Gasteiger partial charge in [0.05, 0.1) is 37.6 Å². The molecule has 3 aromatic rings. The van der Waals surface area contributed by atoms with Crippen LogP contribution in [0.1, 0.15) is 16.1 Å². The lowest BCUT2D eigenvalue weighted by Crippen LogP contribution is -2.24. The Kier molecular flexibility index (Phi) is 6.68. The molecule has 1 N–H and O–H groups in total. The van der Waals surface area contributed by atoms with Crippen molar-refractivity contribution in [3.8, 4) is 22.1 Å². The number of methoxy groups -OCH3 is 2.